The van der Waals surface area contributed by atoms with Gasteiger partial charge in [0.15, 0.2) is 0 Å². The number of aromatic nitrogens is 2. The molecule has 1 unspecified atom stereocenters. The van der Waals surface area contributed by atoms with Gasteiger partial charge in [-0.3, -0.25) is 14.6 Å². The summed E-state index contributed by atoms with van der Waals surface area (Å²) in [5.74, 6) is 7.84. The van der Waals surface area contributed by atoms with Crippen molar-refractivity contribution in [3.05, 3.63) is 125 Å². The van der Waals surface area contributed by atoms with Crippen LogP contribution in [0.3, 0.4) is 0 Å². The van der Waals surface area contributed by atoms with Crippen LogP contribution in [0.4, 0.5) is 4.79 Å². The van der Waals surface area contributed by atoms with Crippen molar-refractivity contribution >= 4 is 23.7 Å². The number of hydrogen-bond acceptors (Lipinski definition) is 7. The third kappa shape index (κ3) is 7.65. The van der Waals surface area contributed by atoms with Crippen LogP contribution in [0, 0.1) is 11.8 Å². The van der Waals surface area contributed by atoms with Crippen LogP contribution >= 0.6 is 0 Å². The average molecular weight is 684 g/mol. The number of nitrogens with one attached hydrogen (secondary N) is 3. The van der Waals surface area contributed by atoms with Gasteiger partial charge in [0.1, 0.15) is 23.4 Å². The van der Waals surface area contributed by atoms with Crippen LogP contribution in [0.2, 0.25) is 0 Å². The summed E-state index contributed by atoms with van der Waals surface area (Å²) in [5.41, 5.74) is 4.23. The summed E-state index contributed by atoms with van der Waals surface area (Å²) in [4.78, 5) is 55.8. The predicted molar refractivity (Wildman–Crippen MR) is 192 cm³/mol. The van der Waals surface area contributed by atoms with Gasteiger partial charge >= 0.3 is 6.09 Å². The second-order valence-electron chi connectivity index (χ2n) is 13.0. The van der Waals surface area contributed by atoms with Gasteiger partial charge in [-0.25, -0.2) is 9.78 Å². The Morgan fingerprint density at radius 1 is 0.902 bits per heavy atom. The molecule has 0 aliphatic carbocycles. The van der Waals surface area contributed by atoms with E-state index in [2.05, 4.69) is 39.6 Å². The predicted octanol–water partition coefficient (Wildman–Crippen LogP) is 4.85. The number of amidine groups is 1. The molecule has 11 heteroatoms. The normalized spacial score (nSPS) is 20.2. The van der Waals surface area contributed by atoms with Crippen molar-refractivity contribution in [1.29, 1.82) is 0 Å². The summed E-state index contributed by atoms with van der Waals surface area (Å²) in [6, 6.07) is 26.0. The maximum absolute atomic E-state index is 13.8. The fraction of sp³-hybridized carbons (Fsp3) is 0.325. The lowest BCUT2D eigenvalue weighted by Gasteiger charge is -2.28. The summed E-state index contributed by atoms with van der Waals surface area (Å²) in [5, 5.41) is 6.18. The number of ether oxygens (including phenoxy) is 1. The Labute approximate surface area is 297 Å². The van der Waals surface area contributed by atoms with E-state index < -0.39 is 12.1 Å². The van der Waals surface area contributed by atoms with Gasteiger partial charge in [0.25, 0.3) is 5.91 Å². The molecule has 260 valence electrons. The Bertz CT molecular complexity index is 1950. The topological polar surface area (TPSA) is 132 Å². The molecule has 4 heterocycles. The highest BCUT2D eigenvalue weighted by atomic mass is 16.5. The molecule has 2 fully saturated rings. The first-order chi connectivity index (χ1) is 25.0. The van der Waals surface area contributed by atoms with Gasteiger partial charge in [0.05, 0.1) is 31.7 Å². The number of methoxy groups -OCH3 is 1. The van der Waals surface area contributed by atoms with E-state index >= 15 is 0 Å². The lowest BCUT2D eigenvalue weighted by Crippen LogP contribution is -2.45. The second-order valence-corrected chi connectivity index (χ2v) is 13.0. The minimum atomic E-state index is -0.875. The molecule has 51 heavy (non-hydrogen) atoms. The first-order valence-corrected chi connectivity index (χ1v) is 17.5. The summed E-state index contributed by atoms with van der Waals surface area (Å²) in [6.07, 6.45) is 4.95. The van der Waals surface area contributed by atoms with Gasteiger partial charge in [-0.1, -0.05) is 78.7 Å². The molecular formula is C40H41N7O4. The molecule has 7 rings (SSSR count). The third-order valence-corrected chi connectivity index (χ3v) is 9.77. The molecule has 0 bridgehead atoms. The zero-order valence-electron chi connectivity index (χ0n) is 28.5. The number of amides is 3. The van der Waals surface area contributed by atoms with Crippen LogP contribution in [0.25, 0.3) is 0 Å². The van der Waals surface area contributed by atoms with Crippen molar-refractivity contribution in [1.82, 2.24) is 30.4 Å². The van der Waals surface area contributed by atoms with Crippen molar-refractivity contribution in [3.8, 4) is 11.8 Å². The Hall–Kier alpha value is -5.89. The van der Waals surface area contributed by atoms with Gasteiger partial charge in [0, 0.05) is 31.4 Å². The molecule has 0 radical (unpaired) electrons. The van der Waals surface area contributed by atoms with Crippen LogP contribution < -0.4 is 10.6 Å². The number of likely N-dealkylation sites (tertiary alicyclic amines) is 2. The first-order valence-electron chi connectivity index (χ1n) is 17.5. The number of carbonyl (C=O) groups excluding carboxylic acids is 3. The molecule has 3 amide bonds. The van der Waals surface area contributed by atoms with Crippen LogP contribution in [-0.4, -0.2) is 76.3 Å². The molecule has 3 N–H and O–H groups in total. The lowest BCUT2D eigenvalue weighted by atomic mass is 10.1. The number of carbonyl (C=O) groups is 3. The standard InChI is InChI=1S/C40H41N7O4/c1-51-40(50)45-36(30-12-6-3-7-13-30)39(49)47-23-9-15-34(47)37-41-25-31(43-37)21-18-27-16-19-29(20-17-27)32-26-42-38(44-32)33-14-8-22-46(33)35(48)24-28-10-4-2-5-11-28/h2-7,10-13,16-17,19-20,25,32-34,36H,8-9,14-15,22-24,26H2,1H3,(H,41,43)(H,42,44)(H,45,50)/t32?,33-,34-,36+/m0/s1. The maximum atomic E-state index is 13.8. The fourth-order valence-electron chi connectivity index (χ4n) is 7.16. The van der Waals surface area contributed by atoms with Crippen LogP contribution in [-0.2, 0) is 20.7 Å². The Morgan fingerprint density at radius 3 is 2.35 bits per heavy atom. The van der Waals surface area contributed by atoms with Crippen molar-refractivity contribution in [2.24, 2.45) is 4.99 Å². The number of nitrogens with zero attached hydrogens (tertiary/aromatic N) is 4. The number of imidazole rings is 1. The molecular weight excluding hydrogens is 642 g/mol. The zero-order valence-corrected chi connectivity index (χ0v) is 28.5. The first kappa shape index (κ1) is 33.6. The summed E-state index contributed by atoms with van der Waals surface area (Å²) in [7, 11) is 1.28. The summed E-state index contributed by atoms with van der Waals surface area (Å²) < 4.78 is 4.80. The van der Waals surface area contributed by atoms with Gasteiger partial charge in [-0.15, -0.1) is 0 Å². The van der Waals surface area contributed by atoms with Crippen molar-refractivity contribution in [2.45, 2.75) is 56.3 Å². The Kier molecular flexibility index (Phi) is 10.1. The Balaban J connectivity index is 0.984. The van der Waals surface area contributed by atoms with Gasteiger partial charge < -0.3 is 30.2 Å². The summed E-state index contributed by atoms with van der Waals surface area (Å²) >= 11 is 0. The highest BCUT2D eigenvalue weighted by Gasteiger charge is 2.37. The van der Waals surface area contributed by atoms with Gasteiger partial charge in [0.2, 0.25) is 5.91 Å². The number of hydrogen-bond donors (Lipinski definition) is 3. The van der Waals surface area contributed by atoms with E-state index in [0.717, 1.165) is 54.8 Å². The van der Waals surface area contributed by atoms with Crippen molar-refractivity contribution < 1.29 is 19.1 Å². The Morgan fingerprint density at radius 2 is 1.61 bits per heavy atom. The molecule has 3 aliphatic rings. The lowest BCUT2D eigenvalue weighted by molar-refractivity contribution is -0.134. The number of aromatic amines is 1. The highest BCUT2D eigenvalue weighted by Crippen LogP contribution is 2.33. The van der Waals surface area contributed by atoms with E-state index in [4.69, 9.17) is 14.7 Å². The quantitative estimate of drug-likeness (QED) is 0.228. The SMILES string of the molecule is COC(=O)N[C@@H](C(=O)N1CCC[C@H]1c1nc(C#Cc2ccc(C3CNC([C@@H]4CCCN4C(=O)Cc4ccccc4)=N3)cc2)c[nH]1)c1ccccc1. The third-order valence-electron chi connectivity index (χ3n) is 9.77. The molecule has 4 aromatic rings. The maximum Gasteiger partial charge on any atom is 0.407 e. The number of rotatable bonds is 8. The molecule has 3 aromatic carbocycles. The van der Waals surface area contributed by atoms with E-state index in [1.165, 1.54) is 7.11 Å². The van der Waals surface area contributed by atoms with E-state index in [-0.39, 0.29) is 29.9 Å². The monoisotopic (exact) mass is 683 g/mol. The zero-order chi connectivity index (χ0) is 35.2. The number of benzene rings is 3. The molecule has 0 saturated carbocycles. The molecule has 0 spiro atoms. The molecule has 4 atom stereocenters. The average Bonchev–Trinajstić information content (AvgIpc) is 4.00. The highest BCUT2D eigenvalue weighted by molar-refractivity contribution is 5.93. The molecule has 1 aromatic heterocycles. The van der Waals surface area contributed by atoms with Crippen molar-refractivity contribution in [2.75, 3.05) is 26.7 Å². The largest absolute Gasteiger partial charge is 0.453 e. The van der Waals surface area contributed by atoms with Crippen molar-refractivity contribution in [3.63, 3.8) is 0 Å². The van der Waals surface area contributed by atoms with E-state index in [1.807, 2.05) is 77.7 Å². The number of aliphatic imine (C=N–C) groups is 1. The van der Waals surface area contributed by atoms with E-state index in [9.17, 15) is 14.4 Å². The van der Waals surface area contributed by atoms with E-state index in [1.54, 1.807) is 11.1 Å². The minimum Gasteiger partial charge on any atom is -0.453 e. The van der Waals surface area contributed by atoms with Gasteiger partial charge in [-0.05, 0) is 60.4 Å². The van der Waals surface area contributed by atoms with Crippen LogP contribution in [0.1, 0.15) is 77.6 Å². The second kappa shape index (κ2) is 15.3. The van der Waals surface area contributed by atoms with Gasteiger partial charge in [-0.2, -0.15) is 0 Å². The van der Waals surface area contributed by atoms with Crippen LogP contribution in [0.5, 0.6) is 0 Å². The van der Waals surface area contributed by atoms with E-state index in [0.29, 0.717) is 36.6 Å². The van der Waals surface area contributed by atoms with Crippen LogP contribution in [0.15, 0.2) is 96.1 Å². The fourth-order valence-corrected chi connectivity index (χ4v) is 7.16. The molecule has 11 nitrogen and oxygen atoms in total. The molecule has 2 saturated heterocycles. The minimum absolute atomic E-state index is 0.00802. The number of alkyl carbamates (subject to hydrolysis) is 1. The molecule has 3 aliphatic heterocycles. The summed E-state index contributed by atoms with van der Waals surface area (Å²) in [6.45, 7) is 2.00. The smallest absolute Gasteiger partial charge is 0.407 e. The number of H-pyrrole nitrogens is 1.